The second kappa shape index (κ2) is 3.65. The molecule has 80 valence electrons. The zero-order valence-corrected chi connectivity index (χ0v) is 9.21. The third-order valence-corrected chi connectivity index (χ3v) is 4.50. The number of ketones is 1. The lowest BCUT2D eigenvalue weighted by molar-refractivity contribution is -0.121. The average Bonchev–Trinajstić information content (AvgIpc) is 2.62. The van der Waals surface area contributed by atoms with Gasteiger partial charge in [-0.2, -0.15) is 0 Å². The van der Waals surface area contributed by atoms with E-state index in [0.29, 0.717) is 17.1 Å². The molecule has 0 spiro atoms. The van der Waals surface area contributed by atoms with E-state index in [1.807, 2.05) is 0 Å². The van der Waals surface area contributed by atoms with Crippen molar-refractivity contribution in [2.45, 2.75) is 39.0 Å². The Kier molecular flexibility index (Phi) is 2.65. The van der Waals surface area contributed by atoms with E-state index in [0.717, 1.165) is 38.2 Å². The van der Waals surface area contributed by atoms with Crippen LogP contribution in [0.15, 0.2) is 0 Å². The van der Waals surface area contributed by atoms with Crippen LogP contribution >= 0.6 is 0 Å². The molecule has 14 heavy (non-hydrogen) atoms. The molecule has 0 radical (unpaired) electrons. The Morgan fingerprint density at radius 3 is 3.00 bits per heavy atom. The van der Waals surface area contributed by atoms with E-state index >= 15 is 0 Å². The number of fused-ring (bicyclic) bond motifs is 1. The molecule has 0 heterocycles. The van der Waals surface area contributed by atoms with E-state index in [4.69, 9.17) is 4.74 Å². The molecular weight excluding hydrogens is 176 g/mol. The third kappa shape index (κ3) is 1.40. The maximum Gasteiger partial charge on any atom is 0.136 e. The smallest absolute Gasteiger partial charge is 0.136 e. The Hall–Kier alpha value is -0.370. The average molecular weight is 196 g/mol. The molecule has 2 saturated carbocycles. The molecule has 0 N–H and O–H groups in total. The summed E-state index contributed by atoms with van der Waals surface area (Å²) in [6.07, 6.45) is 5.44. The normalized spacial score (nSPS) is 41.7. The van der Waals surface area contributed by atoms with Gasteiger partial charge in [-0.15, -0.1) is 0 Å². The van der Waals surface area contributed by atoms with E-state index < -0.39 is 0 Å². The van der Waals surface area contributed by atoms with Crippen molar-refractivity contribution in [3.8, 4) is 0 Å². The molecule has 2 rings (SSSR count). The number of hydrogen-bond donors (Lipinski definition) is 0. The molecule has 0 unspecified atom stereocenters. The van der Waals surface area contributed by atoms with Crippen LogP contribution in [0.2, 0.25) is 0 Å². The van der Waals surface area contributed by atoms with Crippen LogP contribution in [0.4, 0.5) is 0 Å². The molecule has 2 aliphatic carbocycles. The Morgan fingerprint density at radius 1 is 1.50 bits per heavy atom. The summed E-state index contributed by atoms with van der Waals surface area (Å²) in [5, 5.41) is 0. The lowest BCUT2D eigenvalue weighted by Gasteiger charge is -2.30. The maximum absolute atomic E-state index is 11.6. The molecule has 0 aromatic heterocycles. The number of methoxy groups -OCH3 is 1. The van der Waals surface area contributed by atoms with E-state index in [2.05, 4.69) is 6.92 Å². The number of hydrogen-bond acceptors (Lipinski definition) is 2. The minimum atomic E-state index is 0.315. The summed E-state index contributed by atoms with van der Waals surface area (Å²) < 4.78 is 5.14. The first-order valence-corrected chi connectivity index (χ1v) is 5.70. The Bertz CT molecular complexity index is 236. The Labute approximate surface area is 86.0 Å². The lowest BCUT2D eigenvalue weighted by atomic mass is 9.74. The van der Waals surface area contributed by atoms with Gasteiger partial charge in [0.2, 0.25) is 0 Å². The van der Waals surface area contributed by atoms with Gasteiger partial charge in [-0.1, -0.05) is 6.92 Å². The summed E-state index contributed by atoms with van der Waals surface area (Å²) in [5.74, 6) is 1.62. The quantitative estimate of drug-likeness (QED) is 0.693. The molecule has 2 fully saturated rings. The van der Waals surface area contributed by atoms with Gasteiger partial charge in [-0.25, -0.2) is 0 Å². The van der Waals surface area contributed by atoms with E-state index in [1.54, 1.807) is 7.11 Å². The summed E-state index contributed by atoms with van der Waals surface area (Å²) in [6.45, 7) is 3.16. The fraction of sp³-hybridized carbons (Fsp3) is 0.917. The molecule has 0 bridgehead atoms. The molecule has 3 atom stereocenters. The fourth-order valence-electron chi connectivity index (χ4n) is 3.52. The molecule has 0 aromatic carbocycles. The third-order valence-electron chi connectivity index (χ3n) is 4.50. The van der Waals surface area contributed by atoms with Crippen molar-refractivity contribution in [2.75, 3.05) is 13.7 Å². The number of carbonyl (C=O) groups is 1. The number of ether oxygens (including phenoxy) is 1. The van der Waals surface area contributed by atoms with Crippen LogP contribution in [0.1, 0.15) is 39.0 Å². The molecule has 0 aliphatic heterocycles. The summed E-state index contributed by atoms with van der Waals surface area (Å²) in [7, 11) is 1.76. The topological polar surface area (TPSA) is 26.3 Å². The molecule has 2 aliphatic rings. The van der Waals surface area contributed by atoms with Gasteiger partial charge in [0.25, 0.3) is 0 Å². The zero-order chi connectivity index (χ0) is 10.2. The molecule has 0 amide bonds. The van der Waals surface area contributed by atoms with E-state index in [9.17, 15) is 4.79 Å². The number of Topliss-reactive ketones (excluding diaryl/α,β-unsaturated/α-hetero) is 1. The van der Waals surface area contributed by atoms with Crippen molar-refractivity contribution in [1.29, 1.82) is 0 Å². The lowest BCUT2D eigenvalue weighted by Crippen LogP contribution is -2.26. The van der Waals surface area contributed by atoms with E-state index in [1.165, 1.54) is 6.42 Å². The zero-order valence-electron chi connectivity index (χ0n) is 9.21. The van der Waals surface area contributed by atoms with Gasteiger partial charge in [-0.3, -0.25) is 4.79 Å². The van der Waals surface area contributed by atoms with Gasteiger partial charge in [0.1, 0.15) is 5.78 Å². The highest BCUT2D eigenvalue weighted by atomic mass is 16.5. The van der Waals surface area contributed by atoms with Crippen molar-refractivity contribution in [1.82, 2.24) is 0 Å². The predicted octanol–water partition coefficient (Wildman–Crippen LogP) is 2.42. The van der Waals surface area contributed by atoms with E-state index in [-0.39, 0.29) is 0 Å². The molecule has 0 aromatic rings. The Morgan fingerprint density at radius 2 is 2.29 bits per heavy atom. The summed E-state index contributed by atoms with van der Waals surface area (Å²) in [6, 6.07) is 0. The van der Waals surface area contributed by atoms with Gasteiger partial charge in [0, 0.05) is 26.1 Å². The first kappa shape index (κ1) is 10.2. The fourth-order valence-corrected chi connectivity index (χ4v) is 3.52. The maximum atomic E-state index is 11.6. The van der Waals surface area contributed by atoms with Gasteiger partial charge >= 0.3 is 0 Å². The van der Waals surface area contributed by atoms with Crippen LogP contribution in [0.3, 0.4) is 0 Å². The second-order valence-corrected chi connectivity index (χ2v) is 5.08. The minimum Gasteiger partial charge on any atom is -0.385 e. The van der Waals surface area contributed by atoms with Crippen LogP contribution in [0, 0.1) is 17.3 Å². The first-order chi connectivity index (χ1) is 6.68. The van der Waals surface area contributed by atoms with Crippen LogP contribution in [0.5, 0.6) is 0 Å². The Balaban J connectivity index is 2.05. The minimum absolute atomic E-state index is 0.315. The highest BCUT2D eigenvalue weighted by Crippen LogP contribution is 2.56. The largest absolute Gasteiger partial charge is 0.385 e. The van der Waals surface area contributed by atoms with Crippen molar-refractivity contribution in [3.63, 3.8) is 0 Å². The summed E-state index contributed by atoms with van der Waals surface area (Å²) >= 11 is 0. The van der Waals surface area contributed by atoms with Crippen LogP contribution in [-0.4, -0.2) is 19.5 Å². The first-order valence-electron chi connectivity index (χ1n) is 5.70. The summed E-state index contributed by atoms with van der Waals surface area (Å²) in [5.41, 5.74) is 0.315. The molecule has 0 saturated heterocycles. The van der Waals surface area contributed by atoms with Crippen LogP contribution < -0.4 is 0 Å². The van der Waals surface area contributed by atoms with Crippen LogP contribution in [0.25, 0.3) is 0 Å². The van der Waals surface area contributed by atoms with Gasteiger partial charge < -0.3 is 4.74 Å². The summed E-state index contributed by atoms with van der Waals surface area (Å²) in [4.78, 5) is 11.6. The van der Waals surface area contributed by atoms with Gasteiger partial charge in [0.15, 0.2) is 0 Å². The van der Waals surface area contributed by atoms with Crippen LogP contribution in [-0.2, 0) is 9.53 Å². The second-order valence-electron chi connectivity index (χ2n) is 5.08. The van der Waals surface area contributed by atoms with Crippen molar-refractivity contribution < 1.29 is 9.53 Å². The van der Waals surface area contributed by atoms with Crippen molar-refractivity contribution >= 4 is 5.78 Å². The van der Waals surface area contributed by atoms with Crippen molar-refractivity contribution in [2.24, 2.45) is 17.3 Å². The predicted molar refractivity (Wildman–Crippen MR) is 55.1 cm³/mol. The van der Waals surface area contributed by atoms with Gasteiger partial charge in [0.05, 0.1) is 0 Å². The van der Waals surface area contributed by atoms with Gasteiger partial charge in [-0.05, 0) is 37.0 Å². The SMILES string of the molecule is COCC[C@@H]1CC[C@@H]2C(=O)CC[C@]12C. The monoisotopic (exact) mass is 196 g/mol. The number of carbonyl (C=O) groups excluding carboxylic acids is 1. The highest BCUT2D eigenvalue weighted by molar-refractivity contribution is 5.84. The highest BCUT2D eigenvalue weighted by Gasteiger charge is 2.52. The molecular formula is C12H20O2. The standard InChI is InChI=1S/C12H20O2/c1-12-7-5-11(13)10(12)4-3-9(12)6-8-14-2/h9-10H,3-8H2,1-2H3/t9-,10+,12+/m0/s1. The number of rotatable bonds is 3. The van der Waals surface area contributed by atoms with Crippen molar-refractivity contribution in [3.05, 3.63) is 0 Å². The molecule has 2 heteroatoms. The molecule has 2 nitrogen and oxygen atoms in total.